The van der Waals surface area contributed by atoms with Crippen molar-refractivity contribution in [3.8, 4) is 11.8 Å². The lowest BCUT2D eigenvalue weighted by molar-refractivity contribution is 0.388. The standard InChI is InChI=1S/C24H20ClN3O2/c1-15-13-20-22(24(29)28(15)12-11-16-7-3-2-4-8-16)21(18(14-26)23(27)30-20)17-9-5-6-10-19(17)25/h2-10,13,21H,11-12,27H2,1H3/t21-/m0/s1. The van der Waals surface area contributed by atoms with Crippen molar-refractivity contribution in [1.29, 1.82) is 5.26 Å². The van der Waals surface area contributed by atoms with Gasteiger partial charge < -0.3 is 15.0 Å². The molecule has 0 saturated carbocycles. The first-order chi connectivity index (χ1) is 14.5. The van der Waals surface area contributed by atoms with Gasteiger partial charge in [-0.25, -0.2) is 0 Å². The van der Waals surface area contributed by atoms with Crippen molar-refractivity contribution in [2.24, 2.45) is 5.73 Å². The lowest BCUT2D eigenvalue weighted by Crippen LogP contribution is -2.33. The molecule has 1 aliphatic heterocycles. The molecule has 30 heavy (non-hydrogen) atoms. The number of nitriles is 1. The maximum atomic E-state index is 13.6. The van der Waals surface area contributed by atoms with Crippen LogP contribution in [-0.2, 0) is 13.0 Å². The van der Waals surface area contributed by atoms with Crippen LogP contribution in [0, 0.1) is 18.3 Å². The molecule has 150 valence electrons. The summed E-state index contributed by atoms with van der Waals surface area (Å²) in [4.78, 5) is 13.6. The highest BCUT2D eigenvalue weighted by molar-refractivity contribution is 6.31. The molecule has 2 N–H and O–H groups in total. The normalized spacial score (nSPS) is 15.3. The summed E-state index contributed by atoms with van der Waals surface area (Å²) in [6.07, 6.45) is 0.709. The maximum Gasteiger partial charge on any atom is 0.258 e. The topological polar surface area (TPSA) is 81.0 Å². The lowest BCUT2D eigenvalue weighted by Gasteiger charge is -2.27. The van der Waals surface area contributed by atoms with Crippen LogP contribution >= 0.6 is 11.6 Å². The summed E-state index contributed by atoms with van der Waals surface area (Å²) in [6, 6.07) is 21.1. The van der Waals surface area contributed by atoms with Crippen LogP contribution in [0.4, 0.5) is 0 Å². The highest BCUT2D eigenvalue weighted by atomic mass is 35.5. The van der Waals surface area contributed by atoms with Gasteiger partial charge in [0, 0.05) is 23.3 Å². The predicted molar refractivity (Wildman–Crippen MR) is 116 cm³/mol. The van der Waals surface area contributed by atoms with Gasteiger partial charge in [-0.15, -0.1) is 0 Å². The van der Waals surface area contributed by atoms with E-state index < -0.39 is 5.92 Å². The maximum absolute atomic E-state index is 13.6. The molecule has 1 aliphatic rings. The number of pyridine rings is 1. The van der Waals surface area contributed by atoms with Crippen LogP contribution in [0.1, 0.15) is 28.3 Å². The second-order valence-corrected chi connectivity index (χ2v) is 7.61. The van der Waals surface area contributed by atoms with Gasteiger partial charge in [0.25, 0.3) is 5.56 Å². The average molecular weight is 418 g/mol. The number of hydrogen-bond acceptors (Lipinski definition) is 4. The van der Waals surface area contributed by atoms with Crippen LogP contribution in [0.2, 0.25) is 5.02 Å². The Morgan fingerprint density at radius 1 is 1.17 bits per heavy atom. The van der Waals surface area contributed by atoms with Gasteiger partial charge in [0.15, 0.2) is 0 Å². The van der Waals surface area contributed by atoms with E-state index in [4.69, 9.17) is 22.1 Å². The Kier molecular flexibility index (Phi) is 5.35. The Bertz CT molecular complexity index is 1240. The molecule has 1 aromatic heterocycles. The molecule has 6 heteroatoms. The highest BCUT2D eigenvalue weighted by Crippen LogP contribution is 2.42. The smallest absolute Gasteiger partial charge is 0.258 e. The van der Waals surface area contributed by atoms with Crippen molar-refractivity contribution in [3.63, 3.8) is 0 Å². The number of halogens is 1. The molecule has 0 radical (unpaired) electrons. The minimum atomic E-state index is -0.677. The average Bonchev–Trinajstić information content (AvgIpc) is 2.74. The van der Waals surface area contributed by atoms with Gasteiger partial charge in [0.1, 0.15) is 17.4 Å². The fraction of sp³-hybridized carbons (Fsp3) is 0.167. The van der Waals surface area contributed by atoms with Gasteiger partial charge in [-0.3, -0.25) is 4.79 Å². The number of ether oxygens (including phenoxy) is 1. The van der Waals surface area contributed by atoms with Crippen LogP contribution < -0.4 is 16.0 Å². The Morgan fingerprint density at radius 3 is 2.57 bits per heavy atom. The van der Waals surface area contributed by atoms with E-state index in [2.05, 4.69) is 6.07 Å². The molecule has 2 heterocycles. The number of benzene rings is 2. The number of fused-ring (bicyclic) bond motifs is 1. The van der Waals surface area contributed by atoms with Crippen LogP contribution in [-0.4, -0.2) is 4.57 Å². The first kappa shape index (κ1) is 19.8. The van der Waals surface area contributed by atoms with Crippen molar-refractivity contribution >= 4 is 11.6 Å². The van der Waals surface area contributed by atoms with Gasteiger partial charge in [-0.1, -0.05) is 60.1 Å². The number of allylic oxidation sites excluding steroid dienone is 1. The zero-order chi connectivity index (χ0) is 21.3. The summed E-state index contributed by atoms with van der Waals surface area (Å²) in [7, 11) is 0. The summed E-state index contributed by atoms with van der Waals surface area (Å²) in [5.74, 6) is -0.311. The first-order valence-electron chi connectivity index (χ1n) is 9.61. The summed E-state index contributed by atoms with van der Waals surface area (Å²) in [6.45, 7) is 2.37. The van der Waals surface area contributed by atoms with Crippen molar-refractivity contribution in [1.82, 2.24) is 4.57 Å². The van der Waals surface area contributed by atoms with Crippen LogP contribution in [0.15, 0.2) is 76.9 Å². The predicted octanol–water partition coefficient (Wildman–Crippen LogP) is 4.27. The zero-order valence-corrected chi connectivity index (χ0v) is 17.2. The van der Waals surface area contributed by atoms with E-state index in [1.165, 1.54) is 0 Å². The molecule has 0 unspecified atom stereocenters. The van der Waals surface area contributed by atoms with E-state index in [1.54, 1.807) is 28.8 Å². The van der Waals surface area contributed by atoms with Crippen molar-refractivity contribution < 1.29 is 4.74 Å². The minimum absolute atomic E-state index is 0.00393. The van der Waals surface area contributed by atoms with E-state index in [0.29, 0.717) is 34.9 Å². The third kappa shape index (κ3) is 3.47. The van der Waals surface area contributed by atoms with Crippen molar-refractivity contribution in [2.45, 2.75) is 25.8 Å². The Balaban J connectivity index is 1.86. The van der Waals surface area contributed by atoms with E-state index in [9.17, 15) is 10.1 Å². The van der Waals surface area contributed by atoms with Gasteiger partial charge in [0.05, 0.1) is 11.5 Å². The summed E-state index contributed by atoms with van der Waals surface area (Å²) < 4.78 is 7.40. The third-order valence-corrected chi connectivity index (χ3v) is 5.72. The molecule has 2 aromatic carbocycles. The second-order valence-electron chi connectivity index (χ2n) is 7.20. The Hall–Kier alpha value is -3.49. The van der Waals surface area contributed by atoms with Crippen LogP contribution in [0.5, 0.6) is 5.75 Å². The number of aryl methyl sites for hydroxylation is 2. The molecule has 0 spiro atoms. The SMILES string of the molecule is Cc1cc2c(c(=O)n1CCc1ccccc1)[C@@H](c1ccccc1Cl)C(C#N)=C(N)O2. The number of aromatic nitrogens is 1. The number of rotatable bonds is 4. The zero-order valence-electron chi connectivity index (χ0n) is 16.4. The molecule has 0 saturated heterocycles. The van der Waals surface area contributed by atoms with Gasteiger partial charge in [-0.2, -0.15) is 5.26 Å². The van der Waals surface area contributed by atoms with E-state index in [-0.39, 0.29) is 17.0 Å². The molecule has 0 aliphatic carbocycles. The number of nitrogens with zero attached hydrogens (tertiary/aromatic N) is 2. The van der Waals surface area contributed by atoms with Crippen LogP contribution in [0.3, 0.4) is 0 Å². The molecule has 0 amide bonds. The third-order valence-electron chi connectivity index (χ3n) is 5.37. The number of nitrogens with two attached hydrogens (primary N) is 1. The van der Waals surface area contributed by atoms with Gasteiger partial charge >= 0.3 is 0 Å². The Labute approximate surface area is 179 Å². The largest absolute Gasteiger partial charge is 0.440 e. The van der Waals surface area contributed by atoms with Crippen LogP contribution in [0.25, 0.3) is 0 Å². The van der Waals surface area contributed by atoms with E-state index in [0.717, 1.165) is 11.3 Å². The number of hydrogen-bond donors (Lipinski definition) is 1. The first-order valence-corrected chi connectivity index (χ1v) is 9.99. The lowest BCUT2D eigenvalue weighted by atomic mass is 9.84. The molecule has 4 rings (SSSR count). The van der Waals surface area contributed by atoms with Crippen molar-refractivity contribution in [2.75, 3.05) is 0 Å². The fourth-order valence-electron chi connectivity index (χ4n) is 3.87. The van der Waals surface area contributed by atoms with E-state index >= 15 is 0 Å². The molecule has 5 nitrogen and oxygen atoms in total. The second kappa shape index (κ2) is 8.10. The molecule has 1 atom stereocenters. The van der Waals surface area contributed by atoms with Crippen molar-refractivity contribution in [3.05, 3.63) is 110 Å². The minimum Gasteiger partial charge on any atom is -0.440 e. The molecule has 0 bridgehead atoms. The highest BCUT2D eigenvalue weighted by Gasteiger charge is 2.35. The quantitative estimate of drug-likeness (QED) is 0.687. The Morgan fingerprint density at radius 2 is 1.87 bits per heavy atom. The summed E-state index contributed by atoms with van der Waals surface area (Å²) in [5, 5.41) is 10.2. The fourth-order valence-corrected chi connectivity index (χ4v) is 4.11. The monoisotopic (exact) mass is 417 g/mol. The van der Waals surface area contributed by atoms with Gasteiger partial charge in [-0.05, 0) is 30.5 Å². The summed E-state index contributed by atoms with van der Waals surface area (Å²) in [5.41, 5.74) is 8.96. The summed E-state index contributed by atoms with van der Waals surface area (Å²) >= 11 is 6.44. The molecular formula is C24H20ClN3O2. The molecular weight excluding hydrogens is 398 g/mol. The molecule has 3 aromatic rings. The van der Waals surface area contributed by atoms with Gasteiger partial charge in [0.2, 0.25) is 5.88 Å². The van der Waals surface area contributed by atoms with E-state index in [1.807, 2.05) is 43.3 Å². The molecule has 0 fully saturated rings.